The van der Waals surface area contributed by atoms with Crippen LogP contribution in [0.4, 0.5) is 23.7 Å². The summed E-state index contributed by atoms with van der Waals surface area (Å²) in [5.41, 5.74) is 1.63. The minimum Gasteiger partial charge on any atom is -0.322 e. The van der Waals surface area contributed by atoms with Crippen molar-refractivity contribution in [2.45, 2.75) is 6.04 Å². The molecule has 0 saturated carbocycles. The first-order valence-corrected chi connectivity index (χ1v) is 11.0. The van der Waals surface area contributed by atoms with E-state index >= 15 is 0 Å². The lowest BCUT2D eigenvalue weighted by Crippen LogP contribution is -2.51. The maximum absolute atomic E-state index is 13.9. The molecule has 0 aromatic heterocycles. The minimum absolute atomic E-state index is 0.0153. The summed E-state index contributed by atoms with van der Waals surface area (Å²) in [4.78, 5) is 16.4. The van der Waals surface area contributed by atoms with Crippen molar-refractivity contribution in [2.24, 2.45) is 0 Å². The third-order valence-corrected chi connectivity index (χ3v) is 6.04. The average molecular weight is 504 g/mol. The zero-order valence-electron chi connectivity index (χ0n) is 17.1. The van der Waals surface area contributed by atoms with Crippen molar-refractivity contribution in [1.82, 2.24) is 9.80 Å². The number of anilines is 1. The Labute approximate surface area is 192 Å². The highest BCUT2D eigenvalue weighted by Gasteiger charge is 2.29. The Bertz CT molecular complexity index is 1060. The first-order chi connectivity index (χ1) is 15.4. The predicted molar refractivity (Wildman–Crippen MR) is 121 cm³/mol. The summed E-state index contributed by atoms with van der Waals surface area (Å²) in [6.07, 6.45) is 0. The SMILES string of the molecule is O=C(Nc1c(F)cc(F)cc1F)N1CCN([C@H](c2ccccc2)c2ccc(Br)cc2)CC1. The Kier molecular flexibility index (Phi) is 6.81. The molecule has 1 aliphatic rings. The van der Waals surface area contributed by atoms with Crippen LogP contribution in [0.15, 0.2) is 71.2 Å². The maximum Gasteiger partial charge on any atom is 0.322 e. The lowest BCUT2D eigenvalue weighted by molar-refractivity contribution is 0.126. The number of piperazine rings is 1. The van der Waals surface area contributed by atoms with Crippen LogP contribution in [0.5, 0.6) is 0 Å². The number of carbonyl (C=O) groups is 1. The van der Waals surface area contributed by atoms with Crippen molar-refractivity contribution in [2.75, 3.05) is 31.5 Å². The molecule has 1 fully saturated rings. The molecule has 0 bridgehead atoms. The molecule has 1 atom stereocenters. The highest BCUT2D eigenvalue weighted by molar-refractivity contribution is 9.10. The number of carbonyl (C=O) groups excluding carboxylic acids is 1. The molecule has 1 N–H and O–H groups in total. The lowest BCUT2D eigenvalue weighted by atomic mass is 9.96. The van der Waals surface area contributed by atoms with Gasteiger partial charge in [0.1, 0.15) is 11.5 Å². The Morgan fingerprint density at radius 1 is 0.844 bits per heavy atom. The maximum atomic E-state index is 13.9. The van der Waals surface area contributed by atoms with Crippen molar-refractivity contribution >= 4 is 27.6 Å². The van der Waals surface area contributed by atoms with Gasteiger partial charge in [0.15, 0.2) is 11.6 Å². The molecule has 4 nitrogen and oxygen atoms in total. The van der Waals surface area contributed by atoms with E-state index in [0.29, 0.717) is 38.3 Å². The van der Waals surface area contributed by atoms with Gasteiger partial charge in [-0.1, -0.05) is 58.4 Å². The fourth-order valence-corrected chi connectivity index (χ4v) is 4.19. The van der Waals surface area contributed by atoms with E-state index in [1.807, 2.05) is 30.3 Å². The Morgan fingerprint density at radius 2 is 1.41 bits per heavy atom. The summed E-state index contributed by atoms with van der Waals surface area (Å²) in [5, 5.41) is 2.24. The molecule has 1 aliphatic heterocycles. The number of benzene rings is 3. The number of nitrogens with one attached hydrogen (secondary N) is 1. The normalized spacial score (nSPS) is 15.4. The van der Waals surface area contributed by atoms with E-state index in [1.54, 1.807) is 0 Å². The van der Waals surface area contributed by atoms with Gasteiger partial charge in [0, 0.05) is 42.8 Å². The van der Waals surface area contributed by atoms with Gasteiger partial charge in [-0.3, -0.25) is 4.90 Å². The summed E-state index contributed by atoms with van der Waals surface area (Å²) in [6, 6.07) is 18.7. The van der Waals surface area contributed by atoms with Crippen LogP contribution in [-0.2, 0) is 0 Å². The van der Waals surface area contributed by atoms with E-state index in [9.17, 15) is 18.0 Å². The molecule has 3 aromatic rings. The van der Waals surface area contributed by atoms with Crippen LogP contribution in [0.2, 0.25) is 0 Å². The minimum atomic E-state index is -1.14. The summed E-state index contributed by atoms with van der Waals surface area (Å²) >= 11 is 3.47. The topological polar surface area (TPSA) is 35.6 Å². The molecule has 8 heteroatoms. The van der Waals surface area contributed by atoms with Gasteiger partial charge in [0.25, 0.3) is 0 Å². The second-order valence-electron chi connectivity index (χ2n) is 7.56. The summed E-state index contributed by atoms with van der Waals surface area (Å²) in [7, 11) is 0. The monoisotopic (exact) mass is 503 g/mol. The van der Waals surface area contributed by atoms with Crippen molar-refractivity contribution in [1.29, 1.82) is 0 Å². The molecule has 1 saturated heterocycles. The quantitative estimate of drug-likeness (QED) is 0.487. The fourth-order valence-electron chi connectivity index (χ4n) is 3.93. The molecule has 2 amide bonds. The van der Waals surface area contributed by atoms with Crippen molar-refractivity contribution in [3.63, 3.8) is 0 Å². The molecule has 0 spiro atoms. The van der Waals surface area contributed by atoms with Gasteiger partial charge in [-0.15, -0.1) is 0 Å². The van der Waals surface area contributed by atoms with Gasteiger partial charge >= 0.3 is 6.03 Å². The van der Waals surface area contributed by atoms with E-state index in [0.717, 1.165) is 15.6 Å². The smallest absolute Gasteiger partial charge is 0.322 e. The van der Waals surface area contributed by atoms with Crippen molar-refractivity contribution in [3.05, 3.63) is 99.8 Å². The first-order valence-electron chi connectivity index (χ1n) is 10.2. The van der Waals surface area contributed by atoms with Gasteiger partial charge in [-0.05, 0) is 23.3 Å². The third-order valence-electron chi connectivity index (χ3n) is 5.51. The van der Waals surface area contributed by atoms with Crippen LogP contribution in [0, 0.1) is 17.5 Å². The zero-order chi connectivity index (χ0) is 22.7. The number of urea groups is 1. The first kappa shape index (κ1) is 22.4. The third kappa shape index (κ3) is 4.97. The van der Waals surface area contributed by atoms with E-state index in [1.165, 1.54) is 4.90 Å². The number of hydrogen-bond donors (Lipinski definition) is 1. The number of nitrogens with zero attached hydrogens (tertiary/aromatic N) is 2. The van der Waals surface area contributed by atoms with Gasteiger partial charge in [-0.25, -0.2) is 18.0 Å². The van der Waals surface area contributed by atoms with Crippen LogP contribution in [-0.4, -0.2) is 42.0 Å². The van der Waals surface area contributed by atoms with Crippen LogP contribution in [0.1, 0.15) is 17.2 Å². The molecule has 0 unspecified atom stereocenters. The second kappa shape index (κ2) is 9.75. The van der Waals surface area contributed by atoms with Crippen LogP contribution in [0.3, 0.4) is 0 Å². The van der Waals surface area contributed by atoms with Crippen molar-refractivity contribution in [3.8, 4) is 0 Å². The fraction of sp³-hybridized carbons (Fsp3) is 0.208. The summed E-state index contributed by atoms with van der Waals surface area (Å²) in [6.45, 7) is 1.93. The van der Waals surface area contributed by atoms with E-state index in [-0.39, 0.29) is 6.04 Å². The molecular weight excluding hydrogens is 483 g/mol. The van der Waals surface area contributed by atoms with Gasteiger partial charge in [0.2, 0.25) is 0 Å². The van der Waals surface area contributed by atoms with Gasteiger partial charge in [0.05, 0.1) is 6.04 Å². The summed E-state index contributed by atoms with van der Waals surface area (Å²) in [5.74, 6) is -3.32. The zero-order valence-corrected chi connectivity index (χ0v) is 18.7. The largest absolute Gasteiger partial charge is 0.322 e. The van der Waals surface area contributed by atoms with E-state index in [2.05, 4.69) is 50.4 Å². The van der Waals surface area contributed by atoms with Crippen LogP contribution >= 0.6 is 15.9 Å². The van der Waals surface area contributed by atoms with Gasteiger partial charge < -0.3 is 10.2 Å². The highest BCUT2D eigenvalue weighted by atomic mass is 79.9. The molecule has 4 rings (SSSR count). The molecule has 32 heavy (non-hydrogen) atoms. The Hall–Kier alpha value is -2.84. The van der Waals surface area contributed by atoms with E-state index < -0.39 is 29.2 Å². The standard InChI is InChI=1S/C24H21BrF3N3O/c25-18-8-6-17(7-9-18)23(16-4-2-1-3-5-16)30-10-12-31(13-11-30)24(32)29-22-20(27)14-19(26)15-21(22)28/h1-9,14-15,23H,10-13H2,(H,29,32)/t23-/m1/s1. The number of amides is 2. The molecule has 0 aliphatic carbocycles. The molecule has 166 valence electrons. The molecule has 1 heterocycles. The number of rotatable bonds is 4. The average Bonchev–Trinajstić information content (AvgIpc) is 2.79. The Balaban J connectivity index is 1.47. The Morgan fingerprint density at radius 3 is 2.00 bits per heavy atom. The highest BCUT2D eigenvalue weighted by Crippen LogP contribution is 2.30. The van der Waals surface area contributed by atoms with Crippen molar-refractivity contribution < 1.29 is 18.0 Å². The molecular formula is C24H21BrF3N3O. The summed E-state index contributed by atoms with van der Waals surface area (Å²) < 4.78 is 41.9. The van der Waals surface area contributed by atoms with Gasteiger partial charge in [-0.2, -0.15) is 0 Å². The predicted octanol–water partition coefficient (Wildman–Crippen LogP) is 5.81. The van der Waals surface area contributed by atoms with E-state index in [4.69, 9.17) is 0 Å². The molecule has 3 aromatic carbocycles. The number of hydrogen-bond acceptors (Lipinski definition) is 2. The lowest BCUT2D eigenvalue weighted by Gasteiger charge is -2.39. The van der Waals surface area contributed by atoms with Crippen LogP contribution in [0.25, 0.3) is 0 Å². The van der Waals surface area contributed by atoms with Crippen LogP contribution < -0.4 is 5.32 Å². The number of halogens is 4. The second-order valence-corrected chi connectivity index (χ2v) is 8.48. The molecule has 0 radical (unpaired) electrons.